The van der Waals surface area contributed by atoms with Crippen molar-refractivity contribution in [1.82, 2.24) is 9.59 Å². The quantitative estimate of drug-likeness (QED) is 0.787. The number of carbonyl (C=O) groups excluding carboxylic acids is 1. The SMILES string of the molecule is CC(C)c1ccc(CC(=O)c2snnc2C(C)(C)C)cc1. The van der Waals surface area contributed by atoms with Crippen LogP contribution in [-0.2, 0) is 11.8 Å². The zero-order valence-electron chi connectivity index (χ0n) is 13.3. The summed E-state index contributed by atoms with van der Waals surface area (Å²) in [6, 6.07) is 8.28. The van der Waals surface area contributed by atoms with Crippen molar-refractivity contribution in [1.29, 1.82) is 0 Å². The van der Waals surface area contributed by atoms with E-state index >= 15 is 0 Å². The third-order valence-corrected chi connectivity index (χ3v) is 4.23. The molecule has 0 radical (unpaired) electrons. The Kier molecular flexibility index (Phi) is 4.57. The van der Waals surface area contributed by atoms with Crippen molar-refractivity contribution in [2.24, 2.45) is 0 Å². The van der Waals surface area contributed by atoms with Crippen molar-refractivity contribution in [2.75, 3.05) is 0 Å². The normalized spacial score (nSPS) is 11.9. The van der Waals surface area contributed by atoms with E-state index in [0.717, 1.165) is 11.3 Å². The summed E-state index contributed by atoms with van der Waals surface area (Å²) in [6.45, 7) is 10.5. The number of benzene rings is 1. The molecule has 0 aliphatic carbocycles. The average Bonchev–Trinajstić information content (AvgIpc) is 2.88. The highest BCUT2D eigenvalue weighted by atomic mass is 32.1. The number of rotatable bonds is 4. The first kappa shape index (κ1) is 15.8. The van der Waals surface area contributed by atoms with Crippen molar-refractivity contribution in [3.63, 3.8) is 0 Å². The van der Waals surface area contributed by atoms with Gasteiger partial charge in [-0.05, 0) is 28.6 Å². The maximum absolute atomic E-state index is 12.5. The summed E-state index contributed by atoms with van der Waals surface area (Å²) in [4.78, 5) is 13.2. The minimum atomic E-state index is -0.153. The first-order valence-electron chi connectivity index (χ1n) is 7.24. The number of hydrogen-bond acceptors (Lipinski definition) is 4. The van der Waals surface area contributed by atoms with Gasteiger partial charge < -0.3 is 0 Å². The van der Waals surface area contributed by atoms with Gasteiger partial charge in [0.2, 0.25) is 0 Å². The van der Waals surface area contributed by atoms with E-state index in [4.69, 9.17) is 0 Å². The predicted octanol–water partition coefficient (Wildman–Crippen LogP) is 4.38. The molecule has 0 fully saturated rings. The van der Waals surface area contributed by atoms with E-state index < -0.39 is 0 Å². The van der Waals surface area contributed by atoms with Crippen LogP contribution in [0, 0.1) is 0 Å². The lowest BCUT2D eigenvalue weighted by Crippen LogP contribution is -2.17. The molecule has 0 amide bonds. The molecule has 4 heteroatoms. The molecule has 2 rings (SSSR count). The first-order chi connectivity index (χ1) is 9.79. The van der Waals surface area contributed by atoms with Gasteiger partial charge in [-0.15, -0.1) is 5.10 Å². The number of nitrogens with zero attached hydrogens (tertiary/aromatic N) is 2. The molecule has 1 aromatic heterocycles. The van der Waals surface area contributed by atoms with E-state index in [1.54, 1.807) is 0 Å². The van der Waals surface area contributed by atoms with Crippen LogP contribution in [0.25, 0.3) is 0 Å². The Bertz CT molecular complexity index is 621. The maximum Gasteiger partial charge on any atom is 0.180 e. The molecule has 3 nitrogen and oxygen atoms in total. The zero-order chi connectivity index (χ0) is 15.6. The number of carbonyl (C=O) groups is 1. The lowest BCUT2D eigenvalue weighted by atomic mass is 9.90. The Morgan fingerprint density at radius 2 is 1.81 bits per heavy atom. The smallest absolute Gasteiger partial charge is 0.180 e. The summed E-state index contributed by atoms with van der Waals surface area (Å²) >= 11 is 1.20. The summed E-state index contributed by atoms with van der Waals surface area (Å²) < 4.78 is 3.96. The fourth-order valence-electron chi connectivity index (χ4n) is 2.15. The number of aromatic nitrogens is 2. The van der Waals surface area contributed by atoms with Crippen LogP contribution in [0.15, 0.2) is 24.3 Å². The van der Waals surface area contributed by atoms with Gasteiger partial charge in [0, 0.05) is 11.8 Å². The lowest BCUT2D eigenvalue weighted by molar-refractivity contribution is 0.0994. The number of hydrogen-bond donors (Lipinski definition) is 0. The average molecular weight is 302 g/mol. The van der Waals surface area contributed by atoms with Gasteiger partial charge in [-0.3, -0.25) is 4.79 Å². The maximum atomic E-state index is 12.5. The van der Waals surface area contributed by atoms with E-state index in [0.29, 0.717) is 17.2 Å². The molecule has 0 N–H and O–H groups in total. The highest BCUT2D eigenvalue weighted by Crippen LogP contribution is 2.27. The monoisotopic (exact) mass is 302 g/mol. The molecular weight excluding hydrogens is 280 g/mol. The van der Waals surface area contributed by atoms with Crippen LogP contribution in [-0.4, -0.2) is 15.4 Å². The van der Waals surface area contributed by atoms with Crippen LogP contribution in [0.2, 0.25) is 0 Å². The van der Waals surface area contributed by atoms with Crippen molar-refractivity contribution in [2.45, 2.75) is 52.4 Å². The molecule has 1 aromatic carbocycles. The van der Waals surface area contributed by atoms with Crippen LogP contribution < -0.4 is 0 Å². The van der Waals surface area contributed by atoms with Gasteiger partial charge in [-0.25, -0.2) is 0 Å². The van der Waals surface area contributed by atoms with Crippen molar-refractivity contribution in [3.8, 4) is 0 Å². The van der Waals surface area contributed by atoms with Crippen LogP contribution in [0.5, 0.6) is 0 Å². The van der Waals surface area contributed by atoms with Gasteiger partial charge in [0.05, 0.1) is 5.69 Å². The largest absolute Gasteiger partial charge is 0.293 e. The molecule has 0 bridgehead atoms. The highest BCUT2D eigenvalue weighted by molar-refractivity contribution is 7.08. The Morgan fingerprint density at radius 1 is 1.19 bits per heavy atom. The van der Waals surface area contributed by atoms with E-state index in [9.17, 15) is 4.79 Å². The number of Topliss-reactive ketones (excluding diaryl/α,β-unsaturated/α-hetero) is 1. The van der Waals surface area contributed by atoms with E-state index in [2.05, 4.69) is 56.3 Å². The Hall–Kier alpha value is -1.55. The van der Waals surface area contributed by atoms with Crippen molar-refractivity contribution < 1.29 is 4.79 Å². The summed E-state index contributed by atoms with van der Waals surface area (Å²) in [5.74, 6) is 0.611. The molecule has 0 saturated carbocycles. The first-order valence-corrected chi connectivity index (χ1v) is 8.01. The summed E-state index contributed by atoms with van der Waals surface area (Å²) in [7, 11) is 0. The minimum Gasteiger partial charge on any atom is -0.293 e. The van der Waals surface area contributed by atoms with Gasteiger partial charge in [0.15, 0.2) is 5.78 Å². The van der Waals surface area contributed by atoms with Crippen molar-refractivity contribution >= 4 is 17.3 Å². The second kappa shape index (κ2) is 6.06. The van der Waals surface area contributed by atoms with E-state index in [-0.39, 0.29) is 11.2 Å². The Labute approximate surface area is 130 Å². The fourth-order valence-corrected chi connectivity index (χ4v) is 2.96. The third kappa shape index (κ3) is 3.76. The van der Waals surface area contributed by atoms with Crippen LogP contribution in [0.1, 0.15) is 67.0 Å². The molecule has 2 aromatic rings. The van der Waals surface area contributed by atoms with Gasteiger partial charge >= 0.3 is 0 Å². The van der Waals surface area contributed by atoms with Crippen molar-refractivity contribution in [3.05, 3.63) is 46.0 Å². The van der Waals surface area contributed by atoms with E-state index in [1.165, 1.54) is 17.1 Å². The predicted molar refractivity (Wildman–Crippen MR) is 87.2 cm³/mol. The fraction of sp³-hybridized carbons (Fsp3) is 0.471. The van der Waals surface area contributed by atoms with Gasteiger partial charge in [-0.1, -0.05) is 63.4 Å². The second-order valence-electron chi connectivity index (χ2n) is 6.70. The van der Waals surface area contributed by atoms with Crippen LogP contribution in [0.4, 0.5) is 0 Å². The van der Waals surface area contributed by atoms with Crippen LogP contribution in [0.3, 0.4) is 0 Å². The Balaban J connectivity index is 2.17. The minimum absolute atomic E-state index is 0.104. The van der Waals surface area contributed by atoms with Gasteiger partial charge in [0.25, 0.3) is 0 Å². The highest BCUT2D eigenvalue weighted by Gasteiger charge is 2.26. The molecule has 0 saturated heterocycles. The molecule has 0 aliphatic heterocycles. The molecule has 0 aliphatic rings. The molecular formula is C17H22N2OS. The summed E-state index contributed by atoms with van der Waals surface area (Å²) in [6.07, 6.45) is 0.408. The lowest BCUT2D eigenvalue weighted by Gasteiger charge is -2.16. The van der Waals surface area contributed by atoms with Gasteiger partial charge in [-0.2, -0.15) is 0 Å². The van der Waals surface area contributed by atoms with E-state index in [1.807, 2.05) is 12.1 Å². The molecule has 0 atom stereocenters. The second-order valence-corrected chi connectivity index (χ2v) is 7.45. The zero-order valence-corrected chi connectivity index (χ0v) is 14.1. The molecule has 21 heavy (non-hydrogen) atoms. The molecule has 112 valence electrons. The summed E-state index contributed by atoms with van der Waals surface area (Å²) in [5, 5.41) is 4.14. The number of ketones is 1. The third-order valence-electron chi connectivity index (χ3n) is 3.46. The van der Waals surface area contributed by atoms with Gasteiger partial charge in [0.1, 0.15) is 4.88 Å². The molecule has 0 spiro atoms. The molecule has 1 heterocycles. The summed E-state index contributed by atoms with van der Waals surface area (Å²) in [5.41, 5.74) is 2.98. The standard InChI is InChI=1S/C17H22N2OS/c1-11(2)13-8-6-12(7-9-13)10-14(20)15-16(17(3,4)5)18-19-21-15/h6-9,11H,10H2,1-5H3. The molecule has 0 unspecified atom stereocenters. The Morgan fingerprint density at radius 3 is 2.33 bits per heavy atom. The topological polar surface area (TPSA) is 42.9 Å². The van der Waals surface area contributed by atoms with Crippen LogP contribution >= 0.6 is 11.5 Å².